The fourth-order valence-corrected chi connectivity index (χ4v) is 13.9. The molecule has 0 amide bonds. The first-order valence-electron chi connectivity index (χ1n) is 30.3. The molecule has 84 heavy (non-hydrogen) atoms. The second-order valence-electron chi connectivity index (χ2n) is 28.3. The number of rotatable bonds is 4. The summed E-state index contributed by atoms with van der Waals surface area (Å²) in [6.45, 7) is 28.3. The highest BCUT2D eigenvalue weighted by Crippen LogP contribution is 2.51. The molecule has 0 spiro atoms. The van der Waals surface area contributed by atoms with E-state index >= 15 is 0 Å². The van der Waals surface area contributed by atoms with Crippen molar-refractivity contribution in [1.29, 1.82) is 0 Å². The van der Waals surface area contributed by atoms with Crippen molar-refractivity contribution in [2.45, 2.75) is 105 Å². The van der Waals surface area contributed by atoms with Crippen LogP contribution < -0.4 is 26.2 Å². The van der Waals surface area contributed by atoms with Crippen LogP contribution >= 0.6 is 0 Å². The van der Waals surface area contributed by atoms with E-state index in [2.05, 4.69) is 316 Å². The van der Waals surface area contributed by atoms with Gasteiger partial charge in [0.05, 0.1) is 11.0 Å². The minimum atomic E-state index is -0.125. The predicted octanol–water partition coefficient (Wildman–Crippen LogP) is 20.3. The molecule has 2 aliphatic rings. The summed E-state index contributed by atoms with van der Waals surface area (Å²) in [5.74, 6) is 0. The van der Waals surface area contributed by atoms with Crippen molar-refractivity contribution in [3.63, 3.8) is 0 Å². The van der Waals surface area contributed by atoms with Crippen molar-refractivity contribution in [2.75, 3.05) is 9.80 Å². The van der Waals surface area contributed by atoms with Gasteiger partial charge in [-0.05, 0) is 193 Å². The Morgan fingerprint density at radius 3 is 1.17 bits per heavy atom. The van der Waals surface area contributed by atoms with Gasteiger partial charge in [0.1, 0.15) is 0 Å². The molecule has 3 heterocycles. The van der Waals surface area contributed by atoms with Crippen LogP contribution in [-0.2, 0) is 21.7 Å². The van der Waals surface area contributed by atoms with Crippen molar-refractivity contribution >= 4 is 122 Å². The number of benzene rings is 12. The Morgan fingerprint density at radius 2 is 0.690 bits per heavy atom. The molecule has 0 aliphatic carbocycles. The van der Waals surface area contributed by atoms with Gasteiger partial charge in [0.2, 0.25) is 0 Å². The minimum absolute atomic E-state index is 0.114. The van der Waals surface area contributed by atoms with Crippen LogP contribution in [0, 0.1) is 0 Å². The zero-order valence-electron chi connectivity index (χ0n) is 50.7. The highest BCUT2D eigenvalue weighted by Gasteiger charge is 2.45. The van der Waals surface area contributed by atoms with Crippen LogP contribution in [0.5, 0.6) is 0 Å². The standard InChI is InChI=1S/C80H72BN3/c1-77(2,3)55-41-56(78(4,5)6)44-60(43-55)83-72-37-52-32-30-49-22-16-18-26-62(49)65(52)47-68(72)81-69-48-66-53(33-31-50-23-17-19-27-63(50)66)38-73(69)84(61-45-57(79(7,8)9)42-58(46-61)80(10,11)12)75-40-54(39-74(83)76(75)81)51-34-35-71-67(36-51)64-28-20-21-29-70(64)82(71)59-24-14-13-15-25-59/h13-48H,1-12H3. The summed E-state index contributed by atoms with van der Waals surface area (Å²) in [5.41, 5.74) is 21.9. The van der Waals surface area contributed by atoms with E-state index in [1.807, 2.05) is 0 Å². The average molecular weight is 1090 g/mol. The normalized spacial score (nSPS) is 13.6. The summed E-state index contributed by atoms with van der Waals surface area (Å²) >= 11 is 0. The van der Waals surface area contributed by atoms with Gasteiger partial charge in [0.25, 0.3) is 6.71 Å². The predicted molar refractivity (Wildman–Crippen MR) is 365 cm³/mol. The van der Waals surface area contributed by atoms with Gasteiger partial charge in [-0.1, -0.05) is 223 Å². The smallest absolute Gasteiger partial charge is 0.252 e. The Balaban J connectivity index is 1.13. The first kappa shape index (κ1) is 52.0. The summed E-state index contributed by atoms with van der Waals surface area (Å²) in [7, 11) is 0. The van der Waals surface area contributed by atoms with Crippen molar-refractivity contribution in [3.05, 3.63) is 241 Å². The lowest BCUT2D eigenvalue weighted by atomic mass is 9.33. The average Bonchev–Trinajstić information content (AvgIpc) is 0.940. The minimum Gasteiger partial charge on any atom is -0.311 e. The van der Waals surface area contributed by atoms with Crippen LogP contribution in [-0.4, -0.2) is 11.3 Å². The molecule has 0 fully saturated rings. The van der Waals surface area contributed by atoms with Crippen LogP contribution in [0.2, 0.25) is 0 Å². The van der Waals surface area contributed by atoms with Crippen LogP contribution in [0.3, 0.4) is 0 Å². The second-order valence-corrected chi connectivity index (χ2v) is 28.3. The number of nitrogens with zero attached hydrogens (tertiary/aromatic N) is 3. The maximum Gasteiger partial charge on any atom is 0.252 e. The number of para-hydroxylation sites is 2. The Labute approximate surface area is 495 Å². The van der Waals surface area contributed by atoms with Gasteiger partial charge in [0, 0.05) is 50.6 Å². The summed E-state index contributed by atoms with van der Waals surface area (Å²) in [6.07, 6.45) is 0. The Morgan fingerprint density at radius 1 is 0.274 bits per heavy atom. The SMILES string of the molecule is CC(C)(C)c1cc(N2c3cc4ccc5ccccc5c4cc3B3c4cc5c(ccc6ccccc65)cc4N(c4cc(C(C)(C)C)cc(C(C)(C)C)c4)c4cc(-c5ccc6c(c5)c5ccccc5n6-c5ccccc5)cc2c43)cc(C(C)(C)C)c1. The van der Waals surface area contributed by atoms with Crippen molar-refractivity contribution in [3.8, 4) is 16.8 Å². The molecule has 0 unspecified atom stereocenters. The lowest BCUT2D eigenvalue weighted by Gasteiger charge is -2.45. The molecule has 0 saturated carbocycles. The lowest BCUT2D eigenvalue weighted by Crippen LogP contribution is -2.61. The molecule has 2 aliphatic heterocycles. The molecule has 410 valence electrons. The molecule has 0 atom stereocenters. The number of anilines is 6. The second kappa shape index (κ2) is 18.3. The first-order chi connectivity index (χ1) is 40.2. The fourth-order valence-electron chi connectivity index (χ4n) is 13.9. The van der Waals surface area contributed by atoms with Gasteiger partial charge in [-0.2, -0.15) is 0 Å². The molecule has 12 aromatic carbocycles. The Kier molecular flexibility index (Phi) is 11.3. The third-order valence-corrected chi connectivity index (χ3v) is 18.6. The molecular weight excluding hydrogens is 1010 g/mol. The van der Waals surface area contributed by atoms with Gasteiger partial charge in [0.15, 0.2) is 0 Å². The quantitative estimate of drug-likeness (QED) is 0.129. The van der Waals surface area contributed by atoms with Gasteiger partial charge < -0.3 is 14.4 Å². The molecule has 0 radical (unpaired) electrons. The number of hydrogen-bond acceptors (Lipinski definition) is 2. The molecule has 0 bridgehead atoms. The monoisotopic (exact) mass is 1090 g/mol. The van der Waals surface area contributed by atoms with Gasteiger partial charge >= 0.3 is 0 Å². The van der Waals surface area contributed by atoms with Crippen LogP contribution in [0.25, 0.3) is 81.7 Å². The van der Waals surface area contributed by atoms with E-state index < -0.39 is 0 Å². The summed E-state index contributed by atoms with van der Waals surface area (Å²) in [6, 6.07) is 84.5. The van der Waals surface area contributed by atoms with Crippen molar-refractivity contribution < 1.29 is 0 Å². The summed E-state index contributed by atoms with van der Waals surface area (Å²) in [4.78, 5) is 5.36. The molecular formula is C80H72BN3. The van der Waals surface area contributed by atoms with E-state index in [4.69, 9.17) is 0 Å². The van der Waals surface area contributed by atoms with Crippen molar-refractivity contribution in [2.24, 2.45) is 0 Å². The van der Waals surface area contributed by atoms with Gasteiger partial charge in [-0.25, -0.2) is 0 Å². The number of aromatic nitrogens is 1. The Hall–Kier alpha value is -8.86. The fraction of sp³-hybridized carbons (Fsp3) is 0.200. The zero-order chi connectivity index (χ0) is 57.9. The molecule has 1 aromatic heterocycles. The molecule has 0 saturated heterocycles. The zero-order valence-corrected chi connectivity index (χ0v) is 50.7. The highest BCUT2D eigenvalue weighted by molar-refractivity contribution is 7.00. The first-order valence-corrected chi connectivity index (χ1v) is 30.3. The molecule has 4 heteroatoms. The van der Waals surface area contributed by atoms with E-state index in [1.165, 1.54) is 149 Å². The maximum atomic E-state index is 2.68. The molecule has 0 N–H and O–H groups in total. The van der Waals surface area contributed by atoms with E-state index in [0.717, 1.165) is 5.69 Å². The van der Waals surface area contributed by atoms with Crippen LogP contribution in [0.4, 0.5) is 34.1 Å². The summed E-state index contributed by atoms with van der Waals surface area (Å²) in [5, 5.41) is 12.5. The summed E-state index contributed by atoms with van der Waals surface area (Å²) < 4.78 is 2.43. The van der Waals surface area contributed by atoms with Gasteiger partial charge in [-0.15, -0.1) is 0 Å². The largest absolute Gasteiger partial charge is 0.311 e. The third-order valence-electron chi connectivity index (χ3n) is 18.6. The number of hydrogen-bond donors (Lipinski definition) is 0. The van der Waals surface area contributed by atoms with E-state index in [-0.39, 0.29) is 28.4 Å². The Bertz CT molecular complexity index is 4600. The highest BCUT2D eigenvalue weighted by atomic mass is 15.2. The van der Waals surface area contributed by atoms with Crippen molar-refractivity contribution in [1.82, 2.24) is 4.57 Å². The van der Waals surface area contributed by atoms with E-state index in [9.17, 15) is 0 Å². The van der Waals surface area contributed by atoms with Crippen LogP contribution in [0.15, 0.2) is 218 Å². The van der Waals surface area contributed by atoms with E-state index in [0.29, 0.717) is 0 Å². The van der Waals surface area contributed by atoms with Gasteiger partial charge in [-0.3, -0.25) is 0 Å². The molecule has 3 nitrogen and oxygen atoms in total. The maximum absolute atomic E-state index is 2.68. The lowest BCUT2D eigenvalue weighted by molar-refractivity contribution is 0.568. The number of fused-ring (bicyclic) bond motifs is 13. The van der Waals surface area contributed by atoms with E-state index in [1.54, 1.807) is 0 Å². The third kappa shape index (κ3) is 8.22. The molecule has 13 aromatic rings. The molecule has 15 rings (SSSR count). The van der Waals surface area contributed by atoms with Crippen LogP contribution in [0.1, 0.15) is 105 Å². The topological polar surface area (TPSA) is 11.4 Å².